The Labute approximate surface area is 123 Å². The molecule has 0 bridgehead atoms. The predicted molar refractivity (Wildman–Crippen MR) is 47.6 cm³/mol. The zero-order chi connectivity index (χ0) is 8.55. The zero-order valence-electron chi connectivity index (χ0n) is 8.82. The minimum atomic E-state index is 0. The van der Waals surface area contributed by atoms with Crippen LogP contribution in [0.5, 0.6) is 0 Å². The van der Waals surface area contributed by atoms with Crippen LogP contribution < -0.4 is 37.2 Å². The number of hydrogen-bond donors (Lipinski definition) is 0. The molecule has 0 saturated heterocycles. The maximum Gasteiger partial charge on any atom is -1.00 e. The van der Waals surface area contributed by atoms with E-state index in [0.29, 0.717) is 0 Å². The molecule has 0 amide bonds. The summed E-state index contributed by atoms with van der Waals surface area (Å²) in [7, 11) is 0. The SMILES string of the molecule is CCC1=CC2=C(CCCC2)[CH]1[Ti+3].[Cl-].[Cl-].[Cl-]. The molecule has 0 aliphatic heterocycles. The van der Waals surface area contributed by atoms with Crippen LogP contribution in [0.4, 0.5) is 0 Å². The molecule has 2 rings (SSSR count). The molecular weight excluding hydrogens is 286 g/mol. The summed E-state index contributed by atoms with van der Waals surface area (Å²) in [5, 5.41) is 0. The molecule has 0 aromatic carbocycles. The van der Waals surface area contributed by atoms with Gasteiger partial charge in [-0.3, -0.25) is 0 Å². The van der Waals surface area contributed by atoms with Gasteiger partial charge in [-0.2, -0.15) is 0 Å². The van der Waals surface area contributed by atoms with E-state index in [9.17, 15) is 0 Å². The predicted octanol–water partition coefficient (Wildman–Crippen LogP) is -5.45. The molecule has 0 aromatic rings. The summed E-state index contributed by atoms with van der Waals surface area (Å²) in [5.41, 5.74) is 5.12. The van der Waals surface area contributed by atoms with Gasteiger partial charge in [0, 0.05) is 0 Å². The Balaban J connectivity index is 0. The van der Waals surface area contributed by atoms with Gasteiger partial charge >= 0.3 is 86.5 Å². The van der Waals surface area contributed by atoms with Crippen LogP contribution in [-0.2, 0) is 20.4 Å². The van der Waals surface area contributed by atoms with Gasteiger partial charge in [0.1, 0.15) is 0 Å². The first-order chi connectivity index (χ1) is 5.83. The summed E-state index contributed by atoms with van der Waals surface area (Å²) in [5.74, 6) is 0. The quantitative estimate of drug-likeness (QED) is 0.424. The van der Waals surface area contributed by atoms with Crippen LogP contribution in [-0.4, -0.2) is 0 Å². The van der Waals surface area contributed by atoms with Gasteiger partial charge in [0.05, 0.1) is 0 Å². The molecule has 0 heterocycles. The van der Waals surface area contributed by atoms with Crippen LogP contribution in [0.2, 0.25) is 4.22 Å². The third kappa shape index (κ3) is 3.78. The summed E-state index contributed by atoms with van der Waals surface area (Å²) in [6, 6.07) is 0. The van der Waals surface area contributed by atoms with E-state index in [4.69, 9.17) is 0 Å². The van der Waals surface area contributed by atoms with Crippen molar-refractivity contribution in [2.24, 2.45) is 0 Å². The normalized spacial score (nSPS) is 23.1. The molecule has 4 heteroatoms. The molecule has 0 spiro atoms. The van der Waals surface area contributed by atoms with E-state index in [1.54, 1.807) is 16.7 Å². The first-order valence-electron chi connectivity index (χ1n) is 4.96. The van der Waals surface area contributed by atoms with Crippen LogP contribution in [0.15, 0.2) is 22.8 Å². The van der Waals surface area contributed by atoms with Crippen molar-refractivity contribution in [3.8, 4) is 0 Å². The molecule has 0 N–H and O–H groups in total. The molecule has 2 aliphatic rings. The molecule has 15 heavy (non-hydrogen) atoms. The number of allylic oxidation sites excluding steroid dienone is 4. The van der Waals surface area contributed by atoms with Gasteiger partial charge in [-0.05, 0) is 0 Å². The van der Waals surface area contributed by atoms with E-state index >= 15 is 0 Å². The van der Waals surface area contributed by atoms with Crippen molar-refractivity contribution in [3.63, 3.8) is 0 Å². The van der Waals surface area contributed by atoms with Gasteiger partial charge in [-0.15, -0.1) is 0 Å². The summed E-state index contributed by atoms with van der Waals surface area (Å²) < 4.78 is 0.783. The number of halogens is 3. The monoisotopic (exact) mass is 300 g/mol. The van der Waals surface area contributed by atoms with Crippen molar-refractivity contribution in [2.75, 3.05) is 0 Å². The Kier molecular flexibility index (Phi) is 10.1. The first-order valence-corrected chi connectivity index (χ1v) is 5.86. The van der Waals surface area contributed by atoms with E-state index in [-0.39, 0.29) is 37.2 Å². The molecule has 1 atom stereocenters. The fourth-order valence-electron chi connectivity index (χ4n) is 2.28. The van der Waals surface area contributed by atoms with Crippen LogP contribution in [0.1, 0.15) is 39.0 Å². The van der Waals surface area contributed by atoms with Gasteiger partial charge in [-0.25, -0.2) is 0 Å². The van der Waals surface area contributed by atoms with Crippen molar-refractivity contribution in [1.29, 1.82) is 0 Å². The zero-order valence-corrected chi connectivity index (χ0v) is 12.7. The Morgan fingerprint density at radius 3 is 2.33 bits per heavy atom. The molecule has 84 valence electrons. The van der Waals surface area contributed by atoms with Gasteiger partial charge in [0.25, 0.3) is 0 Å². The fraction of sp³-hybridized carbons (Fsp3) is 0.636. The van der Waals surface area contributed by atoms with Crippen molar-refractivity contribution >= 4 is 0 Å². The second-order valence-corrected chi connectivity index (χ2v) is 4.66. The van der Waals surface area contributed by atoms with Gasteiger partial charge in [0.15, 0.2) is 0 Å². The van der Waals surface area contributed by atoms with Gasteiger partial charge in [-0.1, -0.05) is 0 Å². The molecule has 1 unspecified atom stereocenters. The third-order valence-corrected chi connectivity index (χ3v) is 4.16. The topological polar surface area (TPSA) is 0 Å². The molecule has 0 saturated carbocycles. The second kappa shape index (κ2) is 8.20. The minimum Gasteiger partial charge on any atom is -1.00 e. The average molecular weight is 301 g/mol. The van der Waals surface area contributed by atoms with Crippen LogP contribution in [0, 0.1) is 0 Å². The Morgan fingerprint density at radius 2 is 1.80 bits per heavy atom. The Hall–Kier alpha value is 1.06. The van der Waals surface area contributed by atoms with Crippen molar-refractivity contribution in [2.45, 2.75) is 43.3 Å². The van der Waals surface area contributed by atoms with Crippen LogP contribution in [0.3, 0.4) is 0 Å². The summed E-state index contributed by atoms with van der Waals surface area (Å²) in [6.45, 7) is 2.28. The summed E-state index contributed by atoms with van der Waals surface area (Å²) in [4.78, 5) is 0. The fourth-order valence-corrected chi connectivity index (χ4v) is 3.25. The van der Waals surface area contributed by atoms with Crippen LogP contribution in [0.25, 0.3) is 0 Å². The van der Waals surface area contributed by atoms with E-state index in [1.165, 1.54) is 32.1 Å². The maximum absolute atomic E-state index is 2.47. The molecular formula is C11H15Cl3Ti. The standard InChI is InChI=1S/C11H15.3ClH.Ti/c1-2-9-7-10-5-3-4-6-11(10)8-9;;;;/h7-8H,2-6H2,1H3;3*1H;/q;;;;+3/p-3. The first kappa shape index (κ1) is 18.4. The van der Waals surface area contributed by atoms with Crippen LogP contribution >= 0.6 is 0 Å². The summed E-state index contributed by atoms with van der Waals surface area (Å²) >= 11 is 2.38. The molecule has 0 radical (unpaired) electrons. The maximum atomic E-state index is 2.47. The van der Waals surface area contributed by atoms with Crippen molar-refractivity contribution in [1.82, 2.24) is 0 Å². The molecule has 2 aliphatic carbocycles. The Morgan fingerprint density at radius 1 is 1.20 bits per heavy atom. The molecule has 0 fully saturated rings. The smallest absolute Gasteiger partial charge is 1.00 e. The molecule has 0 nitrogen and oxygen atoms in total. The van der Waals surface area contributed by atoms with Gasteiger partial charge in [0.2, 0.25) is 0 Å². The Bertz CT molecular complexity index is 259. The van der Waals surface area contributed by atoms with Crippen molar-refractivity contribution in [3.05, 3.63) is 22.8 Å². The largest absolute Gasteiger partial charge is 1.00 e. The van der Waals surface area contributed by atoms with E-state index in [0.717, 1.165) is 4.22 Å². The van der Waals surface area contributed by atoms with E-state index < -0.39 is 0 Å². The average Bonchev–Trinajstić information content (AvgIpc) is 2.44. The summed E-state index contributed by atoms with van der Waals surface area (Å²) in [6.07, 6.45) is 9.28. The van der Waals surface area contributed by atoms with E-state index in [2.05, 4.69) is 33.4 Å². The number of rotatable bonds is 1. The molecule has 0 aromatic heterocycles. The second-order valence-electron chi connectivity index (χ2n) is 3.76. The van der Waals surface area contributed by atoms with E-state index in [1.807, 2.05) is 0 Å². The van der Waals surface area contributed by atoms with Gasteiger partial charge < -0.3 is 37.2 Å². The minimum absolute atomic E-state index is 0. The number of hydrogen-bond acceptors (Lipinski definition) is 0. The third-order valence-electron chi connectivity index (χ3n) is 3.04. The van der Waals surface area contributed by atoms with Crippen molar-refractivity contribution < 1.29 is 57.7 Å².